The van der Waals surface area contributed by atoms with E-state index in [-0.39, 0.29) is 16.6 Å². The smallest absolute Gasteiger partial charge is 0.265 e. The van der Waals surface area contributed by atoms with Crippen molar-refractivity contribution in [3.05, 3.63) is 48.0 Å². The van der Waals surface area contributed by atoms with Crippen LogP contribution in [0.25, 0.3) is 0 Å². The molecule has 0 saturated carbocycles. The summed E-state index contributed by atoms with van der Waals surface area (Å²) in [5.74, 6) is 0.510. The molecule has 1 heterocycles. The van der Waals surface area contributed by atoms with Crippen LogP contribution in [0.3, 0.4) is 0 Å². The Balaban J connectivity index is 1.79. The number of anilines is 1. The Kier molecular flexibility index (Phi) is 6.99. The number of hydrogen-bond acceptors (Lipinski definition) is 5. The zero-order valence-corrected chi connectivity index (χ0v) is 18.4. The van der Waals surface area contributed by atoms with E-state index >= 15 is 0 Å². The van der Waals surface area contributed by atoms with Crippen molar-refractivity contribution >= 4 is 21.6 Å². The first-order chi connectivity index (χ1) is 14.3. The summed E-state index contributed by atoms with van der Waals surface area (Å²) in [5.41, 5.74) is 1.30. The monoisotopic (exact) mass is 432 g/mol. The molecule has 3 rings (SSSR count). The van der Waals surface area contributed by atoms with Crippen LogP contribution in [0.5, 0.6) is 11.5 Å². The highest BCUT2D eigenvalue weighted by Gasteiger charge is 2.29. The number of methoxy groups -OCH3 is 1. The first-order valence-corrected chi connectivity index (χ1v) is 11.5. The van der Waals surface area contributed by atoms with Crippen LogP contribution in [-0.4, -0.2) is 44.9 Å². The molecule has 0 spiro atoms. The van der Waals surface area contributed by atoms with Crippen LogP contribution in [0, 0.1) is 6.92 Å². The van der Waals surface area contributed by atoms with E-state index in [1.807, 2.05) is 25.1 Å². The molecule has 1 atom stereocenters. The van der Waals surface area contributed by atoms with Crippen molar-refractivity contribution in [1.82, 2.24) is 4.31 Å². The van der Waals surface area contributed by atoms with Gasteiger partial charge in [0.25, 0.3) is 5.91 Å². The van der Waals surface area contributed by atoms with Gasteiger partial charge in [0.05, 0.1) is 7.11 Å². The largest absolute Gasteiger partial charge is 0.495 e. The summed E-state index contributed by atoms with van der Waals surface area (Å²) >= 11 is 0. The van der Waals surface area contributed by atoms with E-state index in [1.54, 1.807) is 25.1 Å². The number of ether oxygens (including phenoxy) is 2. The number of nitrogens with zero attached hydrogens (tertiary/aromatic N) is 1. The molecular weight excluding hydrogens is 404 g/mol. The lowest BCUT2D eigenvalue weighted by Gasteiger charge is -2.26. The number of aryl methyl sites for hydroxylation is 1. The van der Waals surface area contributed by atoms with Gasteiger partial charge in [-0.2, -0.15) is 4.31 Å². The van der Waals surface area contributed by atoms with Crippen molar-refractivity contribution in [3.63, 3.8) is 0 Å². The zero-order valence-electron chi connectivity index (χ0n) is 17.6. The van der Waals surface area contributed by atoms with Gasteiger partial charge < -0.3 is 14.8 Å². The molecule has 2 aromatic carbocycles. The number of para-hydroxylation sites is 1. The van der Waals surface area contributed by atoms with Crippen molar-refractivity contribution in [2.75, 3.05) is 25.5 Å². The normalized spacial score (nSPS) is 16.0. The molecule has 0 bridgehead atoms. The fraction of sp³-hybridized carbons (Fsp3) is 0.409. The lowest BCUT2D eigenvalue weighted by atomic mass is 10.2. The van der Waals surface area contributed by atoms with E-state index in [4.69, 9.17) is 9.47 Å². The third-order valence-corrected chi connectivity index (χ3v) is 7.05. The fourth-order valence-corrected chi connectivity index (χ4v) is 5.08. The number of amides is 1. The molecule has 1 saturated heterocycles. The molecule has 30 heavy (non-hydrogen) atoms. The van der Waals surface area contributed by atoms with Gasteiger partial charge in [0.2, 0.25) is 10.0 Å². The lowest BCUT2D eigenvalue weighted by molar-refractivity contribution is -0.122. The Morgan fingerprint density at radius 1 is 1.07 bits per heavy atom. The van der Waals surface area contributed by atoms with Gasteiger partial charge in [-0.15, -0.1) is 0 Å². The van der Waals surface area contributed by atoms with Gasteiger partial charge in [-0.3, -0.25) is 4.79 Å². The Hall–Kier alpha value is -2.58. The molecular formula is C22H28N2O5S. The van der Waals surface area contributed by atoms with Crippen LogP contribution < -0.4 is 14.8 Å². The second kappa shape index (κ2) is 9.49. The second-order valence-electron chi connectivity index (χ2n) is 7.35. The molecule has 0 aromatic heterocycles. The van der Waals surface area contributed by atoms with Crippen LogP contribution in [0.2, 0.25) is 0 Å². The van der Waals surface area contributed by atoms with Crippen LogP contribution in [0.4, 0.5) is 5.69 Å². The Morgan fingerprint density at radius 3 is 2.43 bits per heavy atom. The van der Waals surface area contributed by atoms with Crippen LogP contribution in [0.15, 0.2) is 47.4 Å². The van der Waals surface area contributed by atoms with Gasteiger partial charge in [0.1, 0.15) is 16.4 Å². The van der Waals surface area contributed by atoms with Crippen LogP contribution >= 0.6 is 0 Å². The number of benzene rings is 2. The van der Waals surface area contributed by atoms with E-state index in [1.165, 1.54) is 17.5 Å². The fourth-order valence-electron chi connectivity index (χ4n) is 3.38. The SMILES string of the molecule is COc1ccc(NC(=O)[C@@H](C)Oc2ccccc2C)cc1S(=O)(=O)N1CCCCC1. The lowest BCUT2D eigenvalue weighted by Crippen LogP contribution is -2.36. The van der Waals surface area contributed by atoms with E-state index in [2.05, 4.69) is 5.32 Å². The highest BCUT2D eigenvalue weighted by atomic mass is 32.2. The summed E-state index contributed by atoms with van der Waals surface area (Å²) in [4.78, 5) is 12.7. The van der Waals surface area contributed by atoms with Gasteiger partial charge in [-0.25, -0.2) is 8.42 Å². The minimum absolute atomic E-state index is 0.0529. The molecule has 0 unspecified atom stereocenters. The minimum Gasteiger partial charge on any atom is -0.495 e. The highest BCUT2D eigenvalue weighted by molar-refractivity contribution is 7.89. The number of nitrogens with one attached hydrogen (secondary N) is 1. The summed E-state index contributed by atoms with van der Waals surface area (Å²) < 4.78 is 38.8. The molecule has 162 valence electrons. The highest BCUT2D eigenvalue weighted by Crippen LogP contribution is 2.31. The molecule has 7 nitrogen and oxygen atoms in total. The van der Waals surface area contributed by atoms with E-state index in [0.29, 0.717) is 24.5 Å². The summed E-state index contributed by atoms with van der Waals surface area (Å²) in [6.45, 7) is 4.53. The molecule has 0 radical (unpaired) electrons. The van der Waals surface area contributed by atoms with Crippen LogP contribution in [0.1, 0.15) is 31.7 Å². The molecule has 2 aromatic rings. The third-order valence-electron chi connectivity index (χ3n) is 5.13. The molecule has 1 aliphatic rings. The maximum atomic E-state index is 13.1. The number of carbonyl (C=O) groups is 1. The predicted molar refractivity (Wildman–Crippen MR) is 116 cm³/mol. The Morgan fingerprint density at radius 2 is 1.77 bits per heavy atom. The van der Waals surface area contributed by atoms with E-state index in [9.17, 15) is 13.2 Å². The average Bonchev–Trinajstić information content (AvgIpc) is 2.75. The van der Waals surface area contributed by atoms with Gasteiger partial charge in [-0.1, -0.05) is 24.6 Å². The van der Waals surface area contributed by atoms with Crippen LogP contribution in [-0.2, 0) is 14.8 Å². The maximum Gasteiger partial charge on any atom is 0.265 e. The number of hydrogen-bond donors (Lipinski definition) is 1. The second-order valence-corrected chi connectivity index (χ2v) is 9.25. The van der Waals surface area contributed by atoms with Crippen molar-refractivity contribution in [3.8, 4) is 11.5 Å². The number of piperidine rings is 1. The average molecular weight is 433 g/mol. The van der Waals surface area contributed by atoms with Gasteiger partial charge in [-0.05, 0) is 56.5 Å². The topological polar surface area (TPSA) is 84.9 Å². The van der Waals surface area contributed by atoms with Gasteiger partial charge in [0, 0.05) is 18.8 Å². The summed E-state index contributed by atoms with van der Waals surface area (Å²) in [6.07, 6.45) is 1.95. The van der Waals surface area contributed by atoms with Gasteiger partial charge in [0.15, 0.2) is 6.10 Å². The quantitative estimate of drug-likeness (QED) is 0.723. The molecule has 8 heteroatoms. The van der Waals surface area contributed by atoms with Crippen molar-refractivity contribution in [1.29, 1.82) is 0 Å². The zero-order chi connectivity index (χ0) is 21.7. The predicted octanol–water partition coefficient (Wildman–Crippen LogP) is 3.58. The van der Waals surface area contributed by atoms with Crippen molar-refractivity contribution < 1.29 is 22.7 Å². The van der Waals surface area contributed by atoms with Crippen molar-refractivity contribution in [2.45, 2.75) is 44.1 Å². The molecule has 1 N–H and O–H groups in total. The summed E-state index contributed by atoms with van der Waals surface area (Å²) in [5, 5.41) is 2.75. The molecule has 0 aliphatic carbocycles. The molecule has 1 amide bonds. The minimum atomic E-state index is -3.71. The van der Waals surface area contributed by atoms with Gasteiger partial charge >= 0.3 is 0 Å². The molecule has 1 fully saturated rings. The summed E-state index contributed by atoms with van der Waals surface area (Å²) in [6, 6.07) is 12.1. The Labute approximate surface area is 178 Å². The molecule has 1 aliphatic heterocycles. The van der Waals surface area contributed by atoms with E-state index < -0.39 is 16.1 Å². The summed E-state index contributed by atoms with van der Waals surface area (Å²) in [7, 11) is -2.28. The first kappa shape index (κ1) is 22.1. The number of sulfonamides is 1. The van der Waals surface area contributed by atoms with E-state index in [0.717, 1.165) is 24.8 Å². The third kappa shape index (κ3) is 4.94. The first-order valence-electron chi connectivity index (χ1n) is 10.0. The number of carbonyl (C=O) groups excluding carboxylic acids is 1. The Bertz CT molecular complexity index is 1000. The standard InChI is InChI=1S/C22H28N2O5S/c1-16-9-5-6-10-19(16)29-17(2)22(25)23-18-11-12-20(28-3)21(15-18)30(26,27)24-13-7-4-8-14-24/h5-6,9-12,15,17H,4,7-8,13-14H2,1-3H3,(H,23,25)/t17-/m1/s1. The number of rotatable bonds is 7. The van der Waals surface area contributed by atoms with Crippen molar-refractivity contribution in [2.24, 2.45) is 0 Å². The maximum absolute atomic E-state index is 13.1.